The molecule has 0 saturated carbocycles. The van der Waals surface area contributed by atoms with Gasteiger partial charge < -0.3 is 14.2 Å². The Balaban J connectivity index is 1.48. The zero-order chi connectivity index (χ0) is 18.6. The maximum absolute atomic E-state index is 13.0. The lowest BCUT2D eigenvalue weighted by molar-refractivity contribution is 0.0695. The van der Waals surface area contributed by atoms with Gasteiger partial charge in [-0.15, -0.1) is 0 Å². The molecule has 2 aromatic carbocycles. The van der Waals surface area contributed by atoms with E-state index >= 15 is 0 Å². The van der Waals surface area contributed by atoms with E-state index in [0.29, 0.717) is 29.6 Å². The van der Waals surface area contributed by atoms with E-state index in [4.69, 9.17) is 9.26 Å². The maximum atomic E-state index is 13.0. The SMILES string of the molecule is Cc1noc(C2CCCN(C(=O)c3cccc(Oc4ccccc4)c3)C2)n1. The zero-order valence-electron chi connectivity index (χ0n) is 15.2. The number of para-hydroxylation sites is 1. The molecular weight excluding hydrogens is 342 g/mol. The van der Waals surface area contributed by atoms with Gasteiger partial charge in [-0.1, -0.05) is 29.4 Å². The molecule has 1 saturated heterocycles. The summed E-state index contributed by atoms with van der Waals surface area (Å²) in [6.07, 6.45) is 1.86. The van der Waals surface area contributed by atoms with Crippen LogP contribution in [0.1, 0.15) is 40.8 Å². The molecule has 0 spiro atoms. The third-order valence-corrected chi connectivity index (χ3v) is 4.66. The molecule has 3 aromatic rings. The number of ether oxygens (including phenoxy) is 1. The lowest BCUT2D eigenvalue weighted by Crippen LogP contribution is -2.39. The van der Waals surface area contributed by atoms with E-state index in [2.05, 4.69) is 10.1 Å². The van der Waals surface area contributed by atoms with Crippen molar-refractivity contribution in [1.82, 2.24) is 15.0 Å². The van der Waals surface area contributed by atoms with Crippen LogP contribution in [0.4, 0.5) is 0 Å². The van der Waals surface area contributed by atoms with Crippen LogP contribution in [0.25, 0.3) is 0 Å². The summed E-state index contributed by atoms with van der Waals surface area (Å²) in [5, 5.41) is 3.87. The van der Waals surface area contributed by atoms with E-state index in [-0.39, 0.29) is 11.8 Å². The average Bonchev–Trinajstić information content (AvgIpc) is 3.15. The Hall–Kier alpha value is -3.15. The topological polar surface area (TPSA) is 68.5 Å². The number of hydrogen-bond acceptors (Lipinski definition) is 5. The molecule has 0 N–H and O–H groups in total. The van der Waals surface area contributed by atoms with Crippen molar-refractivity contribution in [2.75, 3.05) is 13.1 Å². The number of carbonyl (C=O) groups is 1. The molecule has 4 rings (SSSR count). The van der Waals surface area contributed by atoms with Crippen LogP contribution in [0, 0.1) is 6.92 Å². The number of aryl methyl sites for hydroxylation is 1. The second-order valence-corrected chi connectivity index (χ2v) is 6.71. The van der Waals surface area contributed by atoms with Crippen molar-refractivity contribution in [3.63, 3.8) is 0 Å². The van der Waals surface area contributed by atoms with Crippen molar-refractivity contribution in [3.8, 4) is 11.5 Å². The Labute approximate surface area is 157 Å². The molecule has 0 radical (unpaired) electrons. The molecule has 1 fully saturated rings. The predicted octanol–water partition coefficient (Wildman–Crippen LogP) is 4.19. The van der Waals surface area contributed by atoms with Gasteiger partial charge in [0.25, 0.3) is 5.91 Å². The highest BCUT2D eigenvalue weighted by Crippen LogP contribution is 2.28. The van der Waals surface area contributed by atoms with Gasteiger partial charge in [-0.25, -0.2) is 0 Å². The fraction of sp³-hybridized carbons (Fsp3) is 0.286. The van der Waals surface area contributed by atoms with Crippen LogP contribution in [-0.4, -0.2) is 34.0 Å². The summed E-state index contributed by atoms with van der Waals surface area (Å²) in [4.78, 5) is 19.2. The van der Waals surface area contributed by atoms with Crippen molar-refractivity contribution >= 4 is 5.91 Å². The maximum Gasteiger partial charge on any atom is 0.254 e. The molecule has 138 valence electrons. The first-order valence-electron chi connectivity index (χ1n) is 9.11. The van der Waals surface area contributed by atoms with Gasteiger partial charge in [0.05, 0.1) is 5.92 Å². The van der Waals surface area contributed by atoms with Gasteiger partial charge >= 0.3 is 0 Å². The van der Waals surface area contributed by atoms with Gasteiger partial charge in [-0.2, -0.15) is 4.98 Å². The third kappa shape index (κ3) is 4.00. The standard InChI is InChI=1S/C21H21N3O3/c1-15-22-20(27-23-15)17-8-6-12-24(14-17)21(25)16-7-5-11-19(13-16)26-18-9-3-2-4-10-18/h2-5,7,9-11,13,17H,6,8,12,14H2,1H3. The number of likely N-dealkylation sites (tertiary alicyclic amines) is 1. The minimum atomic E-state index is -0.00514. The average molecular weight is 363 g/mol. The van der Waals surface area contributed by atoms with Crippen LogP contribution in [-0.2, 0) is 0 Å². The fourth-order valence-electron chi connectivity index (χ4n) is 3.34. The summed E-state index contributed by atoms with van der Waals surface area (Å²) in [7, 11) is 0. The number of aromatic nitrogens is 2. The summed E-state index contributed by atoms with van der Waals surface area (Å²) in [6.45, 7) is 3.12. The largest absolute Gasteiger partial charge is 0.457 e. The summed E-state index contributed by atoms with van der Waals surface area (Å²) >= 11 is 0. The molecule has 1 aliphatic heterocycles. The van der Waals surface area contributed by atoms with Gasteiger partial charge in [0, 0.05) is 18.7 Å². The summed E-state index contributed by atoms with van der Waals surface area (Å²) in [6, 6.07) is 16.8. The number of rotatable bonds is 4. The molecular formula is C21H21N3O3. The highest BCUT2D eigenvalue weighted by Gasteiger charge is 2.28. The van der Waals surface area contributed by atoms with E-state index < -0.39 is 0 Å². The Kier molecular flexibility index (Phi) is 4.87. The van der Waals surface area contributed by atoms with Crippen LogP contribution in [0.15, 0.2) is 59.1 Å². The number of hydrogen-bond donors (Lipinski definition) is 0. The van der Waals surface area contributed by atoms with Crippen molar-refractivity contribution in [2.24, 2.45) is 0 Å². The monoisotopic (exact) mass is 363 g/mol. The van der Waals surface area contributed by atoms with Gasteiger partial charge in [-0.3, -0.25) is 4.79 Å². The second-order valence-electron chi connectivity index (χ2n) is 6.71. The molecule has 1 atom stereocenters. The number of piperidine rings is 1. The first-order valence-corrected chi connectivity index (χ1v) is 9.11. The number of nitrogens with zero attached hydrogens (tertiary/aromatic N) is 3. The minimum absolute atomic E-state index is 0.00514. The highest BCUT2D eigenvalue weighted by atomic mass is 16.5. The number of benzene rings is 2. The van der Waals surface area contributed by atoms with Crippen LogP contribution in [0.2, 0.25) is 0 Å². The molecule has 0 aliphatic carbocycles. The van der Waals surface area contributed by atoms with Gasteiger partial charge in [0.1, 0.15) is 11.5 Å². The van der Waals surface area contributed by atoms with Crippen molar-refractivity contribution in [1.29, 1.82) is 0 Å². The zero-order valence-corrected chi connectivity index (χ0v) is 15.2. The van der Waals surface area contributed by atoms with Crippen LogP contribution < -0.4 is 4.74 Å². The normalized spacial score (nSPS) is 16.9. The van der Waals surface area contributed by atoms with Crippen molar-refractivity contribution in [3.05, 3.63) is 71.9 Å². The van der Waals surface area contributed by atoms with Crippen LogP contribution in [0.3, 0.4) is 0 Å². The van der Waals surface area contributed by atoms with E-state index in [1.807, 2.05) is 53.4 Å². The molecule has 1 amide bonds. The molecule has 1 aliphatic rings. The van der Waals surface area contributed by atoms with Crippen molar-refractivity contribution < 1.29 is 14.1 Å². The van der Waals surface area contributed by atoms with Gasteiger partial charge in [0.2, 0.25) is 5.89 Å². The number of carbonyl (C=O) groups excluding carboxylic acids is 1. The minimum Gasteiger partial charge on any atom is -0.457 e. The van der Waals surface area contributed by atoms with Crippen molar-refractivity contribution in [2.45, 2.75) is 25.7 Å². The molecule has 27 heavy (non-hydrogen) atoms. The van der Waals surface area contributed by atoms with Crippen LogP contribution in [0.5, 0.6) is 11.5 Å². The Morgan fingerprint density at radius 3 is 2.74 bits per heavy atom. The summed E-state index contributed by atoms with van der Waals surface area (Å²) < 4.78 is 11.1. The van der Waals surface area contributed by atoms with Gasteiger partial charge in [0.15, 0.2) is 5.82 Å². The molecule has 6 heteroatoms. The Morgan fingerprint density at radius 2 is 1.96 bits per heavy atom. The number of amides is 1. The quantitative estimate of drug-likeness (QED) is 0.695. The smallest absolute Gasteiger partial charge is 0.254 e. The summed E-state index contributed by atoms with van der Waals surface area (Å²) in [5.74, 6) is 2.72. The molecule has 0 bridgehead atoms. The van der Waals surface area contributed by atoms with E-state index in [9.17, 15) is 4.79 Å². The lowest BCUT2D eigenvalue weighted by Gasteiger charge is -2.31. The lowest BCUT2D eigenvalue weighted by atomic mass is 9.97. The second kappa shape index (κ2) is 7.61. The molecule has 1 aromatic heterocycles. The fourth-order valence-corrected chi connectivity index (χ4v) is 3.34. The molecule has 1 unspecified atom stereocenters. The first-order chi connectivity index (χ1) is 13.2. The summed E-state index contributed by atoms with van der Waals surface area (Å²) in [5.41, 5.74) is 0.616. The van der Waals surface area contributed by atoms with Crippen LogP contribution >= 0.6 is 0 Å². The Bertz CT molecular complexity index is 923. The third-order valence-electron chi connectivity index (χ3n) is 4.66. The molecule has 2 heterocycles. The molecule has 6 nitrogen and oxygen atoms in total. The predicted molar refractivity (Wildman–Crippen MR) is 99.9 cm³/mol. The first kappa shape index (κ1) is 17.3. The van der Waals surface area contributed by atoms with E-state index in [1.54, 1.807) is 13.0 Å². The van der Waals surface area contributed by atoms with E-state index in [1.165, 1.54) is 0 Å². The highest BCUT2D eigenvalue weighted by molar-refractivity contribution is 5.94. The van der Waals surface area contributed by atoms with Gasteiger partial charge in [-0.05, 0) is 50.1 Å². The van der Waals surface area contributed by atoms with E-state index in [0.717, 1.165) is 25.1 Å². The Morgan fingerprint density at radius 1 is 1.15 bits per heavy atom.